The Hall–Kier alpha value is -1.53. The highest BCUT2D eigenvalue weighted by Crippen LogP contribution is 2.40. The zero-order valence-corrected chi connectivity index (χ0v) is 10.6. The molecule has 1 heterocycles. The smallest absolute Gasteiger partial charge is 0.392 e. The molecule has 1 aromatic heterocycles. The van der Waals surface area contributed by atoms with Gasteiger partial charge in [-0.05, 0) is 19.1 Å². The van der Waals surface area contributed by atoms with Crippen molar-refractivity contribution in [2.75, 3.05) is 0 Å². The van der Waals surface area contributed by atoms with Crippen LogP contribution in [-0.4, -0.2) is 14.9 Å². The first kappa shape index (κ1) is 13.9. The molecule has 3 nitrogen and oxygen atoms in total. The first-order chi connectivity index (χ1) is 8.84. The van der Waals surface area contributed by atoms with Gasteiger partial charge in [-0.2, -0.15) is 18.3 Å². The topological polar surface area (TPSA) is 38.0 Å². The Morgan fingerprint density at radius 3 is 2.47 bits per heavy atom. The molecule has 102 valence electrons. The first-order valence-corrected chi connectivity index (χ1v) is 5.74. The van der Waals surface area contributed by atoms with Crippen molar-refractivity contribution in [3.63, 3.8) is 0 Å². The molecule has 1 aromatic carbocycles. The van der Waals surface area contributed by atoms with Gasteiger partial charge in [0.25, 0.3) is 0 Å². The summed E-state index contributed by atoms with van der Waals surface area (Å²) in [4.78, 5) is 0. The van der Waals surface area contributed by atoms with Gasteiger partial charge in [0.1, 0.15) is 5.56 Å². The fourth-order valence-electron chi connectivity index (χ4n) is 1.81. The number of aromatic nitrogens is 2. The first-order valence-electron chi connectivity index (χ1n) is 5.36. The van der Waals surface area contributed by atoms with E-state index >= 15 is 0 Å². The van der Waals surface area contributed by atoms with E-state index in [1.54, 1.807) is 13.0 Å². The normalized spacial score (nSPS) is 11.9. The maximum Gasteiger partial charge on any atom is 0.419 e. The van der Waals surface area contributed by atoms with Gasteiger partial charge in [-0.1, -0.05) is 17.7 Å². The number of alkyl halides is 3. The molecule has 0 fully saturated rings. The number of hydrogen-bond acceptors (Lipinski definition) is 2. The molecule has 0 bridgehead atoms. The van der Waals surface area contributed by atoms with Crippen LogP contribution in [0.4, 0.5) is 13.2 Å². The largest absolute Gasteiger partial charge is 0.419 e. The minimum atomic E-state index is -4.63. The highest BCUT2D eigenvalue weighted by atomic mass is 35.5. The predicted octanol–water partition coefficient (Wildman–Crippen LogP) is 3.35. The molecule has 0 amide bonds. The Labute approximate surface area is 112 Å². The lowest BCUT2D eigenvalue weighted by Crippen LogP contribution is -2.14. The summed E-state index contributed by atoms with van der Waals surface area (Å²) < 4.78 is 40.4. The number of aliphatic hydroxyl groups excluding tert-OH is 1. The minimum Gasteiger partial charge on any atom is -0.392 e. The standard InChI is InChI=1S/C12H10ClF3N2O/c1-7-4-5-18(17-7)11-8(6-19)2-3-9(13)10(11)12(14,15)16/h2-5,19H,6H2,1H3. The number of aryl methyl sites for hydroxylation is 1. The molecule has 0 aliphatic carbocycles. The Bertz CT molecular complexity index is 608. The van der Waals surface area contributed by atoms with Gasteiger partial charge >= 0.3 is 6.18 Å². The van der Waals surface area contributed by atoms with Crippen molar-refractivity contribution in [1.82, 2.24) is 9.78 Å². The van der Waals surface area contributed by atoms with Crippen LogP contribution >= 0.6 is 11.6 Å². The van der Waals surface area contributed by atoms with Crippen LogP contribution in [0.15, 0.2) is 24.4 Å². The van der Waals surface area contributed by atoms with Crippen LogP contribution in [0.2, 0.25) is 5.02 Å². The van der Waals surface area contributed by atoms with Crippen molar-refractivity contribution in [2.45, 2.75) is 19.7 Å². The molecule has 0 spiro atoms. The van der Waals surface area contributed by atoms with Crippen molar-refractivity contribution in [3.05, 3.63) is 46.2 Å². The van der Waals surface area contributed by atoms with E-state index in [9.17, 15) is 18.3 Å². The molecule has 19 heavy (non-hydrogen) atoms. The average Bonchev–Trinajstić information content (AvgIpc) is 2.73. The zero-order chi connectivity index (χ0) is 14.2. The van der Waals surface area contributed by atoms with Crippen molar-refractivity contribution in [1.29, 1.82) is 0 Å². The van der Waals surface area contributed by atoms with Crippen molar-refractivity contribution < 1.29 is 18.3 Å². The second-order valence-corrected chi connectivity index (χ2v) is 4.39. The van der Waals surface area contributed by atoms with Crippen LogP contribution < -0.4 is 0 Å². The molecule has 0 saturated carbocycles. The van der Waals surface area contributed by atoms with E-state index in [-0.39, 0.29) is 11.3 Å². The van der Waals surface area contributed by atoms with Gasteiger partial charge in [0.15, 0.2) is 0 Å². The Kier molecular flexibility index (Phi) is 3.56. The summed E-state index contributed by atoms with van der Waals surface area (Å²) in [6.07, 6.45) is -3.23. The van der Waals surface area contributed by atoms with Gasteiger partial charge in [-0.15, -0.1) is 0 Å². The summed E-state index contributed by atoms with van der Waals surface area (Å²) in [6, 6.07) is 4.04. The summed E-state index contributed by atoms with van der Waals surface area (Å²) in [5.74, 6) is 0. The molecule has 0 aliphatic heterocycles. The van der Waals surface area contributed by atoms with Crippen LogP contribution in [0.5, 0.6) is 0 Å². The van der Waals surface area contributed by atoms with Gasteiger partial charge < -0.3 is 5.11 Å². The molecule has 2 rings (SSSR count). The molecular weight excluding hydrogens is 281 g/mol. The lowest BCUT2D eigenvalue weighted by atomic mass is 10.1. The van der Waals surface area contributed by atoms with E-state index in [0.717, 1.165) is 10.7 Å². The molecule has 7 heteroatoms. The lowest BCUT2D eigenvalue weighted by molar-refractivity contribution is -0.137. The van der Waals surface area contributed by atoms with Crippen LogP contribution in [0, 0.1) is 6.92 Å². The number of halogens is 4. The zero-order valence-electron chi connectivity index (χ0n) is 9.87. The highest BCUT2D eigenvalue weighted by molar-refractivity contribution is 6.31. The van der Waals surface area contributed by atoms with Crippen molar-refractivity contribution >= 4 is 11.6 Å². The Morgan fingerprint density at radius 1 is 1.32 bits per heavy atom. The minimum absolute atomic E-state index is 0.111. The molecule has 0 atom stereocenters. The second-order valence-electron chi connectivity index (χ2n) is 3.99. The quantitative estimate of drug-likeness (QED) is 0.921. The second kappa shape index (κ2) is 4.86. The number of hydrogen-bond donors (Lipinski definition) is 1. The van der Waals surface area contributed by atoms with E-state index in [0.29, 0.717) is 5.69 Å². The third-order valence-corrected chi connectivity index (χ3v) is 2.93. The molecular formula is C12H10ClF3N2O. The number of benzene rings is 1. The third-order valence-electron chi connectivity index (χ3n) is 2.62. The molecule has 0 radical (unpaired) electrons. The Balaban J connectivity index is 2.78. The Morgan fingerprint density at radius 2 is 2.00 bits per heavy atom. The maximum absolute atomic E-state index is 13.1. The monoisotopic (exact) mass is 290 g/mol. The van der Waals surface area contributed by atoms with E-state index < -0.39 is 23.4 Å². The summed E-state index contributed by atoms with van der Waals surface area (Å²) in [5, 5.41) is 12.7. The number of rotatable bonds is 2. The fourth-order valence-corrected chi connectivity index (χ4v) is 2.07. The summed E-state index contributed by atoms with van der Waals surface area (Å²) in [7, 11) is 0. The van der Waals surface area contributed by atoms with Crippen LogP contribution in [-0.2, 0) is 12.8 Å². The SMILES string of the molecule is Cc1ccn(-c2c(CO)ccc(Cl)c2C(F)(F)F)n1. The predicted molar refractivity (Wildman–Crippen MR) is 64.2 cm³/mol. The van der Waals surface area contributed by atoms with Gasteiger partial charge in [0, 0.05) is 11.8 Å². The van der Waals surface area contributed by atoms with Crippen LogP contribution in [0.25, 0.3) is 5.69 Å². The van der Waals surface area contributed by atoms with E-state index in [2.05, 4.69) is 5.10 Å². The average molecular weight is 291 g/mol. The third kappa shape index (κ3) is 2.59. The summed E-state index contributed by atoms with van der Waals surface area (Å²) in [5.41, 5.74) is -0.559. The van der Waals surface area contributed by atoms with Crippen LogP contribution in [0.3, 0.4) is 0 Å². The number of aliphatic hydroxyl groups is 1. The van der Waals surface area contributed by atoms with Gasteiger partial charge in [-0.3, -0.25) is 0 Å². The van der Waals surface area contributed by atoms with E-state index in [1.165, 1.54) is 12.3 Å². The van der Waals surface area contributed by atoms with E-state index in [1.807, 2.05) is 0 Å². The molecule has 0 unspecified atom stereocenters. The van der Waals surface area contributed by atoms with Crippen LogP contribution in [0.1, 0.15) is 16.8 Å². The van der Waals surface area contributed by atoms with Crippen molar-refractivity contribution in [3.8, 4) is 5.69 Å². The molecule has 1 N–H and O–H groups in total. The van der Waals surface area contributed by atoms with Gasteiger partial charge in [-0.25, -0.2) is 4.68 Å². The molecule has 0 saturated heterocycles. The van der Waals surface area contributed by atoms with Crippen molar-refractivity contribution in [2.24, 2.45) is 0 Å². The van der Waals surface area contributed by atoms with Gasteiger partial charge in [0.05, 0.1) is 23.0 Å². The van der Waals surface area contributed by atoms with Gasteiger partial charge in [0.2, 0.25) is 0 Å². The maximum atomic E-state index is 13.1. The molecule has 2 aromatic rings. The highest BCUT2D eigenvalue weighted by Gasteiger charge is 2.38. The summed E-state index contributed by atoms with van der Waals surface area (Å²) in [6.45, 7) is 1.13. The molecule has 0 aliphatic rings. The fraction of sp³-hybridized carbons (Fsp3) is 0.250. The summed E-state index contributed by atoms with van der Waals surface area (Å²) >= 11 is 5.66. The number of nitrogens with zero attached hydrogens (tertiary/aromatic N) is 2. The van der Waals surface area contributed by atoms with E-state index in [4.69, 9.17) is 11.6 Å². The lowest BCUT2D eigenvalue weighted by Gasteiger charge is -2.17.